The summed E-state index contributed by atoms with van der Waals surface area (Å²) in [6.07, 6.45) is 0.911. The zero-order chi connectivity index (χ0) is 12.5. The smallest absolute Gasteiger partial charge is 0.190 e. The standard InChI is InChI=1S/C13H21N3O.HI/c1-4-15-13(14-2)16-10-9-11-7-5-6-8-12(11)17-3;/h5-8H,4,9-10H2,1-3H3,(H2,14,15,16);1H. The molecule has 0 aliphatic rings. The Morgan fingerprint density at radius 3 is 2.61 bits per heavy atom. The number of para-hydroxylation sites is 1. The minimum atomic E-state index is 0. The molecule has 2 N–H and O–H groups in total. The maximum Gasteiger partial charge on any atom is 0.190 e. The molecule has 102 valence electrons. The molecule has 0 heterocycles. The number of hydrogen-bond donors (Lipinski definition) is 2. The number of methoxy groups -OCH3 is 1. The van der Waals surface area contributed by atoms with Crippen LogP contribution < -0.4 is 15.4 Å². The van der Waals surface area contributed by atoms with E-state index >= 15 is 0 Å². The fourth-order valence-electron chi connectivity index (χ4n) is 1.61. The van der Waals surface area contributed by atoms with Crippen LogP contribution in [-0.4, -0.2) is 33.2 Å². The summed E-state index contributed by atoms with van der Waals surface area (Å²) in [6.45, 7) is 3.75. The summed E-state index contributed by atoms with van der Waals surface area (Å²) in [4.78, 5) is 4.11. The molecule has 5 heteroatoms. The van der Waals surface area contributed by atoms with Gasteiger partial charge in [-0.3, -0.25) is 4.99 Å². The molecular formula is C13H22IN3O. The van der Waals surface area contributed by atoms with Crippen molar-refractivity contribution in [3.8, 4) is 5.75 Å². The van der Waals surface area contributed by atoms with Gasteiger partial charge < -0.3 is 15.4 Å². The minimum Gasteiger partial charge on any atom is -0.496 e. The Bertz CT molecular complexity index is 369. The van der Waals surface area contributed by atoms with Crippen LogP contribution in [0.3, 0.4) is 0 Å². The predicted molar refractivity (Wildman–Crippen MR) is 87.2 cm³/mol. The number of rotatable bonds is 5. The molecule has 0 aliphatic carbocycles. The van der Waals surface area contributed by atoms with Gasteiger partial charge in [-0.15, -0.1) is 24.0 Å². The van der Waals surface area contributed by atoms with Gasteiger partial charge in [0.15, 0.2) is 5.96 Å². The van der Waals surface area contributed by atoms with Crippen LogP contribution >= 0.6 is 24.0 Å². The minimum absolute atomic E-state index is 0. The molecule has 4 nitrogen and oxygen atoms in total. The summed E-state index contributed by atoms with van der Waals surface area (Å²) < 4.78 is 5.30. The SMILES string of the molecule is CCNC(=NC)NCCc1ccccc1OC.I. The second-order valence-corrected chi connectivity index (χ2v) is 3.59. The number of nitrogens with one attached hydrogen (secondary N) is 2. The third-order valence-corrected chi connectivity index (χ3v) is 2.45. The number of benzene rings is 1. The van der Waals surface area contributed by atoms with Crippen LogP contribution in [0.4, 0.5) is 0 Å². The zero-order valence-electron chi connectivity index (χ0n) is 11.2. The molecule has 1 rings (SSSR count). The molecule has 0 atom stereocenters. The average Bonchev–Trinajstić information content (AvgIpc) is 2.38. The maximum absolute atomic E-state index is 5.30. The van der Waals surface area contributed by atoms with Gasteiger partial charge in [-0.2, -0.15) is 0 Å². The van der Waals surface area contributed by atoms with Crippen LogP contribution in [0.5, 0.6) is 5.75 Å². The predicted octanol–water partition coefficient (Wildman–Crippen LogP) is 2.04. The summed E-state index contributed by atoms with van der Waals surface area (Å²) in [6, 6.07) is 8.06. The van der Waals surface area contributed by atoms with E-state index in [9.17, 15) is 0 Å². The molecule has 1 aromatic carbocycles. The van der Waals surface area contributed by atoms with E-state index in [2.05, 4.69) is 21.7 Å². The first-order valence-electron chi connectivity index (χ1n) is 5.88. The van der Waals surface area contributed by atoms with Crippen molar-refractivity contribution in [3.05, 3.63) is 29.8 Å². The maximum atomic E-state index is 5.30. The number of hydrogen-bond acceptors (Lipinski definition) is 2. The van der Waals surface area contributed by atoms with Crippen molar-refractivity contribution < 1.29 is 4.74 Å². The molecule has 0 fully saturated rings. The lowest BCUT2D eigenvalue weighted by Crippen LogP contribution is -2.38. The molecule has 1 aromatic rings. The Labute approximate surface area is 126 Å². The summed E-state index contributed by atoms with van der Waals surface area (Å²) in [5, 5.41) is 6.41. The number of nitrogens with zero attached hydrogens (tertiary/aromatic N) is 1. The zero-order valence-corrected chi connectivity index (χ0v) is 13.5. The lowest BCUT2D eigenvalue weighted by Gasteiger charge is -2.11. The summed E-state index contributed by atoms with van der Waals surface area (Å²) in [5.74, 6) is 1.77. The molecule has 18 heavy (non-hydrogen) atoms. The Kier molecular flexibility index (Phi) is 9.45. The van der Waals surface area contributed by atoms with E-state index in [1.54, 1.807) is 14.2 Å². The van der Waals surface area contributed by atoms with Crippen LogP contribution in [0.15, 0.2) is 29.3 Å². The highest BCUT2D eigenvalue weighted by molar-refractivity contribution is 14.0. The Balaban J connectivity index is 0.00000289. The van der Waals surface area contributed by atoms with Crippen molar-refractivity contribution in [2.45, 2.75) is 13.3 Å². The van der Waals surface area contributed by atoms with E-state index in [-0.39, 0.29) is 24.0 Å². The third-order valence-electron chi connectivity index (χ3n) is 2.45. The van der Waals surface area contributed by atoms with Gasteiger partial charge >= 0.3 is 0 Å². The molecule has 0 amide bonds. The van der Waals surface area contributed by atoms with Gasteiger partial charge in [0.1, 0.15) is 5.75 Å². The molecule has 0 aromatic heterocycles. The van der Waals surface area contributed by atoms with Gasteiger partial charge in [-0.05, 0) is 25.0 Å². The average molecular weight is 363 g/mol. The molecule has 0 radical (unpaired) electrons. The first-order valence-corrected chi connectivity index (χ1v) is 5.88. The Hall–Kier alpha value is -0.980. The number of ether oxygens (including phenoxy) is 1. The van der Waals surface area contributed by atoms with Crippen LogP contribution in [-0.2, 0) is 6.42 Å². The molecule has 0 aliphatic heterocycles. The van der Waals surface area contributed by atoms with E-state index < -0.39 is 0 Å². The van der Waals surface area contributed by atoms with Gasteiger partial charge in [0, 0.05) is 20.1 Å². The van der Waals surface area contributed by atoms with Gasteiger partial charge in [0.25, 0.3) is 0 Å². The van der Waals surface area contributed by atoms with Crippen molar-refractivity contribution >= 4 is 29.9 Å². The van der Waals surface area contributed by atoms with E-state index in [0.717, 1.165) is 31.2 Å². The third kappa shape index (κ3) is 5.57. The highest BCUT2D eigenvalue weighted by atomic mass is 127. The molecule has 0 spiro atoms. The van der Waals surface area contributed by atoms with Gasteiger partial charge in [-0.25, -0.2) is 0 Å². The molecule has 0 saturated heterocycles. The van der Waals surface area contributed by atoms with Gasteiger partial charge in [0.05, 0.1) is 7.11 Å². The van der Waals surface area contributed by atoms with Crippen molar-refractivity contribution in [3.63, 3.8) is 0 Å². The normalized spacial score (nSPS) is 10.5. The number of halogens is 1. The van der Waals surface area contributed by atoms with E-state index in [0.29, 0.717) is 0 Å². The summed E-state index contributed by atoms with van der Waals surface area (Å²) >= 11 is 0. The topological polar surface area (TPSA) is 45.7 Å². The van der Waals surface area contributed by atoms with Crippen LogP contribution in [0.25, 0.3) is 0 Å². The summed E-state index contributed by atoms with van der Waals surface area (Å²) in [7, 11) is 3.47. The fourth-order valence-corrected chi connectivity index (χ4v) is 1.61. The van der Waals surface area contributed by atoms with Gasteiger partial charge in [-0.1, -0.05) is 18.2 Å². The highest BCUT2D eigenvalue weighted by Gasteiger charge is 2.01. The van der Waals surface area contributed by atoms with Crippen molar-refractivity contribution in [2.75, 3.05) is 27.2 Å². The summed E-state index contributed by atoms with van der Waals surface area (Å²) in [5.41, 5.74) is 1.20. The second kappa shape index (κ2) is 9.99. The molecular weight excluding hydrogens is 341 g/mol. The fraction of sp³-hybridized carbons (Fsp3) is 0.462. The number of guanidine groups is 1. The highest BCUT2D eigenvalue weighted by Crippen LogP contribution is 2.16. The molecule has 0 bridgehead atoms. The quantitative estimate of drug-likeness (QED) is 0.478. The second-order valence-electron chi connectivity index (χ2n) is 3.59. The van der Waals surface area contributed by atoms with Crippen LogP contribution in [0.1, 0.15) is 12.5 Å². The van der Waals surface area contributed by atoms with E-state index in [1.807, 2.05) is 25.1 Å². The van der Waals surface area contributed by atoms with Crippen molar-refractivity contribution in [2.24, 2.45) is 4.99 Å². The first-order chi connectivity index (χ1) is 8.31. The van der Waals surface area contributed by atoms with Gasteiger partial charge in [0.2, 0.25) is 0 Å². The van der Waals surface area contributed by atoms with Crippen molar-refractivity contribution in [1.82, 2.24) is 10.6 Å². The first kappa shape index (κ1) is 17.0. The van der Waals surface area contributed by atoms with Crippen LogP contribution in [0, 0.1) is 0 Å². The molecule has 0 unspecified atom stereocenters. The van der Waals surface area contributed by atoms with E-state index in [1.165, 1.54) is 5.56 Å². The monoisotopic (exact) mass is 363 g/mol. The van der Waals surface area contributed by atoms with Crippen molar-refractivity contribution in [1.29, 1.82) is 0 Å². The largest absolute Gasteiger partial charge is 0.496 e. The lowest BCUT2D eigenvalue weighted by atomic mass is 10.1. The Morgan fingerprint density at radius 2 is 2.00 bits per heavy atom. The molecule has 0 saturated carbocycles. The van der Waals surface area contributed by atoms with E-state index in [4.69, 9.17) is 4.74 Å². The number of aliphatic imine (C=N–C) groups is 1. The Morgan fingerprint density at radius 1 is 1.28 bits per heavy atom. The lowest BCUT2D eigenvalue weighted by molar-refractivity contribution is 0.409. The van der Waals surface area contributed by atoms with Crippen LogP contribution in [0.2, 0.25) is 0 Å².